The SMILES string of the molecule is C.C.CSc1cc(P)sc1C.Cc1cc(P)sc1C.Cc1sc(P)cc1S(C)(=O)=O. The van der Waals surface area contributed by atoms with Crippen LogP contribution in [0.25, 0.3) is 0 Å². The lowest BCUT2D eigenvalue weighted by molar-refractivity contribution is 0.602. The van der Waals surface area contributed by atoms with Gasteiger partial charge in [0.1, 0.15) is 0 Å². The molecule has 3 unspecified atom stereocenters. The summed E-state index contributed by atoms with van der Waals surface area (Å²) in [5.74, 6) is 0. The van der Waals surface area contributed by atoms with Gasteiger partial charge in [-0.25, -0.2) is 8.42 Å². The van der Waals surface area contributed by atoms with Gasteiger partial charge in [0, 0.05) is 39.6 Å². The minimum Gasteiger partial charge on any atom is -0.224 e. The molecule has 0 saturated heterocycles. The predicted molar refractivity (Wildman–Crippen MR) is 158 cm³/mol. The van der Waals surface area contributed by atoms with Crippen molar-refractivity contribution in [3.05, 3.63) is 38.4 Å². The maximum absolute atomic E-state index is 11.1. The van der Waals surface area contributed by atoms with Crippen LogP contribution in [0.3, 0.4) is 0 Å². The summed E-state index contributed by atoms with van der Waals surface area (Å²) in [6.45, 7) is 8.26. The standard InChI is InChI=1S/C6H9O2PS2.C6H9PS2.C6H9PS.2CH4/c1-4-5(11(2,7)8)3-6(9)10-4;1-4-5(8-2)3-6(7)9-4;1-4-3-6(7)8-5(4)2;;/h3H,9H2,1-2H3;3H,7H2,1-2H3;3H,7H2,1-2H3;2*1H4. The fourth-order valence-corrected chi connectivity index (χ4v) is 9.25. The third-order valence-corrected chi connectivity index (χ3v) is 10.2. The average Bonchev–Trinajstić information content (AvgIpc) is 3.17. The maximum atomic E-state index is 11.1. The van der Waals surface area contributed by atoms with E-state index in [2.05, 4.69) is 66.9 Å². The van der Waals surface area contributed by atoms with Gasteiger partial charge in [-0.05, 0) is 57.7 Å². The molecule has 0 amide bonds. The zero-order valence-corrected chi connectivity index (χ0v) is 24.4. The van der Waals surface area contributed by atoms with E-state index in [0.29, 0.717) is 4.90 Å². The Morgan fingerprint density at radius 2 is 1.20 bits per heavy atom. The summed E-state index contributed by atoms with van der Waals surface area (Å²) in [4.78, 5) is 5.57. The first-order valence-electron chi connectivity index (χ1n) is 8.13. The van der Waals surface area contributed by atoms with E-state index < -0.39 is 9.84 Å². The first kappa shape index (κ1) is 32.9. The third-order valence-electron chi connectivity index (χ3n) is 3.59. The van der Waals surface area contributed by atoms with Gasteiger partial charge in [0.25, 0.3) is 0 Å². The number of hydrogen-bond donors (Lipinski definition) is 0. The van der Waals surface area contributed by atoms with Crippen molar-refractivity contribution < 1.29 is 8.42 Å². The maximum Gasteiger partial charge on any atom is 0.176 e. The molecule has 30 heavy (non-hydrogen) atoms. The molecule has 3 aromatic rings. The number of thiophene rings is 3. The zero-order chi connectivity index (χ0) is 21.6. The zero-order valence-electron chi connectivity index (χ0n) is 16.8. The van der Waals surface area contributed by atoms with Crippen LogP contribution in [-0.2, 0) is 9.84 Å². The Morgan fingerprint density at radius 1 is 0.767 bits per heavy atom. The van der Waals surface area contributed by atoms with Crippen molar-refractivity contribution in [1.29, 1.82) is 0 Å². The van der Waals surface area contributed by atoms with Gasteiger partial charge in [0.2, 0.25) is 0 Å². The molecule has 0 fully saturated rings. The summed E-state index contributed by atoms with van der Waals surface area (Å²) in [6, 6.07) is 6.07. The lowest BCUT2D eigenvalue weighted by Gasteiger charge is -1.92. The molecule has 0 saturated carbocycles. The molecule has 0 aromatic carbocycles. The largest absolute Gasteiger partial charge is 0.224 e. The highest BCUT2D eigenvalue weighted by molar-refractivity contribution is 7.98. The molecular weight excluding hydrogens is 525 g/mol. The van der Waals surface area contributed by atoms with Crippen LogP contribution in [-0.4, -0.2) is 20.9 Å². The molecule has 172 valence electrons. The van der Waals surface area contributed by atoms with Gasteiger partial charge in [0.05, 0.1) is 4.90 Å². The first-order chi connectivity index (χ1) is 12.8. The number of thioether (sulfide) groups is 1. The molecule has 3 heterocycles. The molecule has 3 atom stereocenters. The molecule has 0 aliphatic heterocycles. The Balaban J connectivity index is 0. The second-order valence-electron chi connectivity index (χ2n) is 6.00. The van der Waals surface area contributed by atoms with Crippen LogP contribution < -0.4 is 13.9 Å². The van der Waals surface area contributed by atoms with Gasteiger partial charge >= 0.3 is 0 Å². The van der Waals surface area contributed by atoms with Crippen molar-refractivity contribution in [1.82, 2.24) is 0 Å². The van der Waals surface area contributed by atoms with Crippen molar-refractivity contribution in [3.63, 3.8) is 0 Å². The molecule has 0 bridgehead atoms. The molecule has 0 spiro atoms. The minimum absolute atomic E-state index is 0. The second-order valence-corrected chi connectivity index (χ2v) is 15.8. The van der Waals surface area contributed by atoms with Crippen LogP contribution in [0.2, 0.25) is 0 Å². The van der Waals surface area contributed by atoms with E-state index in [9.17, 15) is 8.42 Å². The van der Waals surface area contributed by atoms with Crippen LogP contribution in [0, 0.1) is 27.7 Å². The third kappa shape index (κ3) is 11.0. The van der Waals surface area contributed by atoms with Gasteiger partial charge in [-0.15, -0.1) is 45.8 Å². The van der Waals surface area contributed by atoms with E-state index in [4.69, 9.17) is 0 Å². The van der Waals surface area contributed by atoms with Gasteiger partial charge in [0.15, 0.2) is 9.84 Å². The first-order valence-corrected chi connectivity index (χ1v) is 15.4. The smallest absolute Gasteiger partial charge is 0.176 e. The summed E-state index contributed by atoms with van der Waals surface area (Å²) in [7, 11) is 4.90. The van der Waals surface area contributed by atoms with Crippen molar-refractivity contribution in [2.24, 2.45) is 0 Å². The highest BCUT2D eigenvalue weighted by Gasteiger charge is 2.12. The predicted octanol–water partition coefficient (Wildman–Crippen LogP) is 6.38. The van der Waals surface area contributed by atoms with Crippen LogP contribution >= 0.6 is 73.5 Å². The highest BCUT2D eigenvalue weighted by Crippen LogP contribution is 2.24. The summed E-state index contributed by atoms with van der Waals surface area (Å²) in [5.41, 5.74) is 1.40. The quantitative estimate of drug-likeness (QED) is 0.270. The van der Waals surface area contributed by atoms with E-state index in [1.54, 1.807) is 6.07 Å². The topological polar surface area (TPSA) is 34.1 Å². The number of hydrogen-bond acceptors (Lipinski definition) is 6. The normalized spacial score (nSPS) is 10.0. The Labute approximate surface area is 207 Å². The molecule has 2 nitrogen and oxygen atoms in total. The molecule has 0 aliphatic carbocycles. The van der Waals surface area contributed by atoms with E-state index in [1.165, 1.54) is 47.0 Å². The minimum atomic E-state index is -3.02. The van der Waals surface area contributed by atoms with Crippen molar-refractivity contribution >= 4 is 97.2 Å². The molecule has 3 rings (SSSR count). The van der Waals surface area contributed by atoms with E-state index in [1.807, 2.05) is 41.4 Å². The summed E-state index contributed by atoms with van der Waals surface area (Å²) in [5, 5.41) is 0. The Hall–Kier alpha value is 0.690. The van der Waals surface area contributed by atoms with Gasteiger partial charge < -0.3 is 0 Å². The highest BCUT2D eigenvalue weighted by atomic mass is 32.2. The van der Waals surface area contributed by atoms with E-state index in [-0.39, 0.29) is 14.9 Å². The number of aryl methyl sites for hydroxylation is 4. The summed E-state index contributed by atoms with van der Waals surface area (Å²) >= 11 is 6.96. The fraction of sp³-hybridized carbons (Fsp3) is 0.400. The number of rotatable bonds is 2. The lowest BCUT2D eigenvalue weighted by atomic mass is 10.3. The average molecular weight is 561 g/mol. The van der Waals surface area contributed by atoms with Crippen molar-refractivity contribution in [3.8, 4) is 0 Å². The van der Waals surface area contributed by atoms with Crippen molar-refractivity contribution in [2.45, 2.75) is 52.3 Å². The molecule has 0 radical (unpaired) electrons. The van der Waals surface area contributed by atoms with Crippen LogP contribution in [0.4, 0.5) is 0 Å². The van der Waals surface area contributed by atoms with Crippen LogP contribution in [0.5, 0.6) is 0 Å². The van der Waals surface area contributed by atoms with Gasteiger partial charge in [-0.2, -0.15) is 0 Å². The molecule has 10 heteroatoms. The monoisotopic (exact) mass is 560 g/mol. The molecule has 3 aromatic heterocycles. The Morgan fingerprint density at radius 3 is 1.37 bits per heavy atom. The summed E-state index contributed by atoms with van der Waals surface area (Å²) < 4.78 is 25.8. The van der Waals surface area contributed by atoms with E-state index in [0.717, 1.165) is 9.50 Å². The summed E-state index contributed by atoms with van der Waals surface area (Å²) in [6.07, 6.45) is 3.34. The van der Waals surface area contributed by atoms with Crippen LogP contribution in [0.1, 0.15) is 35.0 Å². The lowest BCUT2D eigenvalue weighted by Crippen LogP contribution is -1.96. The molecular formula is C20H35O2P3S5. The van der Waals surface area contributed by atoms with Gasteiger partial charge in [-0.3, -0.25) is 0 Å². The van der Waals surface area contributed by atoms with Crippen LogP contribution in [0.15, 0.2) is 28.0 Å². The second kappa shape index (κ2) is 14.8. The Kier molecular flexibility index (Phi) is 16.2. The molecule has 0 aliphatic rings. The van der Waals surface area contributed by atoms with Gasteiger partial charge in [-0.1, -0.05) is 42.6 Å². The van der Waals surface area contributed by atoms with E-state index >= 15 is 0 Å². The number of sulfone groups is 1. The van der Waals surface area contributed by atoms with Crippen molar-refractivity contribution in [2.75, 3.05) is 12.5 Å². The Bertz CT molecular complexity index is 998. The molecule has 0 N–H and O–H groups in total. The fourth-order valence-electron chi connectivity index (χ4n) is 2.15.